The smallest absolute Gasteiger partial charge is 0.265 e. The summed E-state index contributed by atoms with van der Waals surface area (Å²) in [5.41, 5.74) is 8.03. The van der Waals surface area contributed by atoms with Crippen LogP contribution >= 0.6 is 0 Å². The number of methoxy groups -OCH3 is 2. The number of aromatic nitrogens is 2. The molecule has 1 aliphatic carbocycles. The molecule has 4 aromatic rings. The lowest BCUT2D eigenvalue weighted by molar-refractivity contribution is -0.119. The molecule has 0 aliphatic heterocycles. The first-order valence-electron chi connectivity index (χ1n) is 12.8. The van der Waals surface area contributed by atoms with E-state index in [4.69, 9.17) is 15.2 Å². The molecule has 1 heterocycles. The molecule has 0 unspecified atom stereocenters. The summed E-state index contributed by atoms with van der Waals surface area (Å²) in [6, 6.07) is 16.7. The van der Waals surface area contributed by atoms with Crippen LogP contribution in [0.5, 0.6) is 11.5 Å². The highest BCUT2D eigenvalue weighted by molar-refractivity contribution is 7.92. The minimum Gasteiger partial charge on any atom is -0.497 e. The van der Waals surface area contributed by atoms with Crippen LogP contribution in [-0.4, -0.2) is 38.5 Å². The van der Waals surface area contributed by atoms with Crippen LogP contribution in [0.3, 0.4) is 0 Å². The summed E-state index contributed by atoms with van der Waals surface area (Å²) in [5, 5.41) is 5.92. The SMILES string of the molecule is COc1cc(Nc2nc3ccccc3nc2NS(=O)(=O)c2cccc(NC(=O)C3CCCC3)c2N)cc(OC)c1. The molecule has 0 atom stereocenters. The molecule has 0 bridgehead atoms. The highest BCUT2D eigenvalue weighted by atomic mass is 32.2. The van der Waals surface area contributed by atoms with Gasteiger partial charge in [-0.2, -0.15) is 0 Å². The van der Waals surface area contributed by atoms with Gasteiger partial charge in [0.25, 0.3) is 10.0 Å². The van der Waals surface area contributed by atoms with Gasteiger partial charge < -0.3 is 25.8 Å². The third-order valence-corrected chi connectivity index (χ3v) is 8.15. The molecule has 12 heteroatoms. The lowest BCUT2D eigenvalue weighted by atomic mass is 10.1. The molecule has 1 aromatic heterocycles. The summed E-state index contributed by atoms with van der Waals surface area (Å²) in [6.07, 6.45) is 3.61. The Kier molecular flexibility index (Phi) is 7.60. The number of nitrogen functional groups attached to an aromatic ring is 1. The van der Waals surface area contributed by atoms with Crippen molar-refractivity contribution < 1.29 is 22.7 Å². The van der Waals surface area contributed by atoms with Crippen LogP contribution in [-0.2, 0) is 14.8 Å². The summed E-state index contributed by atoms with van der Waals surface area (Å²) in [4.78, 5) is 21.6. The Balaban J connectivity index is 1.50. The first kappa shape index (κ1) is 27.0. The number of ether oxygens (including phenoxy) is 2. The standard InChI is InChI=1S/C28H30N6O5S/c1-38-19-14-18(15-20(16-19)39-2)30-26-27(32-22-11-6-5-10-21(22)31-26)34-40(36,37)24-13-7-12-23(25(24)29)33-28(35)17-8-3-4-9-17/h5-7,10-17H,3-4,8-9,29H2,1-2H3,(H,30,31)(H,32,34)(H,33,35). The van der Waals surface area contributed by atoms with E-state index in [1.54, 1.807) is 42.5 Å². The molecule has 0 spiro atoms. The monoisotopic (exact) mass is 562 g/mol. The zero-order valence-electron chi connectivity index (χ0n) is 22.1. The van der Waals surface area contributed by atoms with Crippen LogP contribution in [0.2, 0.25) is 0 Å². The summed E-state index contributed by atoms with van der Waals surface area (Å²) in [7, 11) is -1.19. The predicted octanol–water partition coefficient (Wildman–Crippen LogP) is 4.90. The fraction of sp³-hybridized carbons (Fsp3) is 0.250. The van der Waals surface area contributed by atoms with Crippen LogP contribution < -0.4 is 30.6 Å². The Labute approximate surface area is 232 Å². The Morgan fingerprint density at radius 2 is 1.52 bits per heavy atom. The number of rotatable bonds is 9. The molecule has 1 fully saturated rings. The van der Waals surface area contributed by atoms with E-state index >= 15 is 0 Å². The maximum atomic E-state index is 13.6. The number of benzene rings is 3. The minimum atomic E-state index is -4.25. The van der Waals surface area contributed by atoms with Gasteiger partial charge in [0.1, 0.15) is 16.4 Å². The highest BCUT2D eigenvalue weighted by Gasteiger charge is 2.26. The van der Waals surface area contributed by atoms with E-state index in [-0.39, 0.29) is 39.7 Å². The van der Waals surface area contributed by atoms with Gasteiger partial charge in [0.05, 0.1) is 36.6 Å². The van der Waals surface area contributed by atoms with Crippen LogP contribution in [0.15, 0.2) is 65.6 Å². The Hall–Kier alpha value is -4.58. The number of carbonyl (C=O) groups is 1. The van der Waals surface area contributed by atoms with Gasteiger partial charge in [0.2, 0.25) is 5.91 Å². The number of anilines is 5. The minimum absolute atomic E-state index is 0.0414. The van der Waals surface area contributed by atoms with E-state index in [2.05, 4.69) is 25.3 Å². The van der Waals surface area contributed by atoms with Gasteiger partial charge >= 0.3 is 0 Å². The maximum Gasteiger partial charge on any atom is 0.265 e. The second kappa shape index (κ2) is 11.3. The molecular formula is C28H30N6O5S. The van der Waals surface area contributed by atoms with Crippen LogP contribution in [0.25, 0.3) is 11.0 Å². The lowest BCUT2D eigenvalue weighted by Crippen LogP contribution is -2.22. The molecule has 5 rings (SSSR count). The van der Waals surface area contributed by atoms with Crippen molar-refractivity contribution in [1.29, 1.82) is 0 Å². The van der Waals surface area contributed by atoms with E-state index in [0.29, 0.717) is 28.2 Å². The van der Waals surface area contributed by atoms with Crippen molar-refractivity contribution in [3.05, 3.63) is 60.7 Å². The number of para-hydroxylation sites is 3. The molecular weight excluding hydrogens is 532 g/mol. The van der Waals surface area contributed by atoms with Gasteiger partial charge in [-0.15, -0.1) is 0 Å². The second-order valence-corrected chi connectivity index (χ2v) is 11.1. The summed E-state index contributed by atoms with van der Waals surface area (Å²) in [6.45, 7) is 0. The van der Waals surface area contributed by atoms with Gasteiger partial charge in [-0.05, 0) is 37.1 Å². The van der Waals surface area contributed by atoms with E-state index in [1.807, 2.05) is 6.07 Å². The van der Waals surface area contributed by atoms with E-state index < -0.39 is 10.0 Å². The Morgan fingerprint density at radius 3 is 2.15 bits per heavy atom. The Bertz CT molecular complexity index is 1650. The quantitative estimate of drug-likeness (QED) is 0.208. The normalized spacial score (nSPS) is 13.7. The molecule has 208 valence electrons. The predicted molar refractivity (Wildman–Crippen MR) is 155 cm³/mol. The van der Waals surface area contributed by atoms with Crippen LogP contribution in [0.1, 0.15) is 25.7 Å². The fourth-order valence-electron chi connectivity index (χ4n) is 4.67. The Morgan fingerprint density at radius 1 is 0.900 bits per heavy atom. The lowest BCUT2D eigenvalue weighted by Gasteiger charge is -2.17. The number of carbonyl (C=O) groups excluding carboxylic acids is 1. The first-order chi connectivity index (χ1) is 19.3. The third-order valence-electron chi connectivity index (χ3n) is 6.76. The topological polar surface area (TPSA) is 158 Å². The van der Waals surface area contributed by atoms with Crippen molar-refractivity contribution in [2.75, 3.05) is 35.3 Å². The first-order valence-corrected chi connectivity index (χ1v) is 14.2. The number of hydrogen-bond acceptors (Lipinski definition) is 9. The number of nitrogens with one attached hydrogen (secondary N) is 3. The number of sulfonamides is 1. The number of hydrogen-bond donors (Lipinski definition) is 4. The van der Waals surface area contributed by atoms with Gasteiger partial charge in [0, 0.05) is 29.8 Å². The molecule has 40 heavy (non-hydrogen) atoms. The molecule has 0 saturated heterocycles. The zero-order valence-corrected chi connectivity index (χ0v) is 22.9. The molecule has 5 N–H and O–H groups in total. The van der Waals surface area contributed by atoms with E-state index in [9.17, 15) is 13.2 Å². The second-order valence-electron chi connectivity index (χ2n) is 9.43. The average molecular weight is 563 g/mol. The average Bonchev–Trinajstić information content (AvgIpc) is 3.49. The summed E-state index contributed by atoms with van der Waals surface area (Å²) < 4.78 is 40.5. The molecule has 1 aliphatic rings. The van der Waals surface area contributed by atoms with Gasteiger partial charge in [-0.3, -0.25) is 9.52 Å². The van der Waals surface area contributed by atoms with Gasteiger partial charge in [-0.1, -0.05) is 31.0 Å². The summed E-state index contributed by atoms with van der Waals surface area (Å²) in [5.74, 6) is 0.910. The van der Waals surface area contributed by atoms with Crippen molar-refractivity contribution in [1.82, 2.24) is 9.97 Å². The molecule has 0 radical (unpaired) electrons. The number of nitrogens with two attached hydrogens (primary N) is 1. The summed E-state index contributed by atoms with van der Waals surface area (Å²) >= 11 is 0. The maximum absolute atomic E-state index is 13.6. The molecule has 1 saturated carbocycles. The highest BCUT2D eigenvalue weighted by Crippen LogP contribution is 2.34. The van der Waals surface area contributed by atoms with Crippen molar-refractivity contribution in [2.45, 2.75) is 30.6 Å². The van der Waals surface area contributed by atoms with Crippen molar-refractivity contribution in [3.63, 3.8) is 0 Å². The van der Waals surface area contributed by atoms with Crippen LogP contribution in [0, 0.1) is 5.92 Å². The largest absolute Gasteiger partial charge is 0.497 e. The number of nitrogens with zero attached hydrogens (tertiary/aromatic N) is 2. The number of amides is 1. The van der Waals surface area contributed by atoms with Crippen molar-refractivity contribution >= 4 is 55.7 Å². The zero-order chi connectivity index (χ0) is 28.3. The fourth-order valence-corrected chi connectivity index (χ4v) is 5.83. The molecule has 11 nitrogen and oxygen atoms in total. The number of fused-ring (bicyclic) bond motifs is 1. The molecule has 3 aromatic carbocycles. The van der Waals surface area contributed by atoms with E-state index in [1.165, 1.54) is 26.4 Å². The van der Waals surface area contributed by atoms with Crippen molar-refractivity contribution in [3.8, 4) is 11.5 Å². The third kappa shape index (κ3) is 5.71. The van der Waals surface area contributed by atoms with Crippen molar-refractivity contribution in [2.24, 2.45) is 5.92 Å². The van der Waals surface area contributed by atoms with Crippen LogP contribution in [0.4, 0.5) is 28.7 Å². The van der Waals surface area contributed by atoms with E-state index in [0.717, 1.165) is 25.7 Å². The van der Waals surface area contributed by atoms with Gasteiger partial charge in [0.15, 0.2) is 11.6 Å². The van der Waals surface area contributed by atoms with Gasteiger partial charge in [-0.25, -0.2) is 18.4 Å². The molecule has 1 amide bonds.